The predicted molar refractivity (Wildman–Crippen MR) is 185 cm³/mol. The summed E-state index contributed by atoms with van der Waals surface area (Å²) < 4.78 is 14.6. The van der Waals surface area contributed by atoms with Crippen molar-refractivity contribution in [3.05, 3.63) is 126 Å². The van der Waals surface area contributed by atoms with E-state index in [1.54, 1.807) is 25.5 Å². The van der Waals surface area contributed by atoms with Crippen molar-refractivity contribution < 1.29 is 19.1 Å². The van der Waals surface area contributed by atoms with E-state index in [1.807, 2.05) is 98.1 Å². The van der Waals surface area contributed by atoms with Crippen molar-refractivity contribution in [2.75, 3.05) is 19.0 Å². The van der Waals surface area contributed by atoms with Crippen LogP contribution in [0.25, 0.3) is 17.0 Å². The maximum Gasteiger partial charge on any atom is 0.325 e. The second kappa shape index (κ2) is 12.9. The first kappa shape index (κ1) is 31.7. The molecule has 1 aliphatic rings. The molecule has 0 spiro atoms. The van der Waals surface area contributed by atoms with Gasteiger partial charge in [0.15, 0.2) is 4.80 Å². The SMILES string of the molecule is CCOC(=O)Cn1c(C)c(/C=c2\sc3n(c2=O)[C@@H](c2ccc(OC)cc2)C(C(=O)Nc2ccc(C)cc2C)=C(C)N=3)c2ccccc21. The number of amides is 1. The van der Waals surface area contributed by atoms with Crippen molar-refractivity contribution in [1.82, 2.24) is 9.13 Å². The van der Waals surface area contributed by atoms with E-state index in [0.717, 1.165) is 38.9 Å². The van der Waals surface area contributed by atoms with Gasteiger partial charge < -0.3 is 19.4 Å². The fourth-order valence-electron chi connectivity index (χ4n) is 6.17. The Morgan fingerprint density at radius 2 is 1.77 bits per heavy atom. The van der Waals surface area contributed by atoms with Crippen LogP contribution < -0.4 is 24.9 Å². The molecule has 3 aromatic carbocycles. The summed E-state index contributed by atoms with van der Waals surface area (Å²) in [5, 5.41) is 3.98. The van der Waals surface area contributed by atoms with Crippen LogP contribution in [0, 0.1) is 20.8 Å². The highest BCUT2D eigenvalue weighted by atomic mass is 32.1. The summed E-state index contributed by atoms with van der Waals surface area (Å²) >= 11 is 1.27. The summed E-state index contributed by atoms with van der Waals surface area (Å²) in [4.78, 5) is 46.2. The van der Waals surface area contributed by atoms with Gasteiger partial charge in [-0.2, -0.15) is 0 Å². The number of hydrogen-bond acceptors (Lipinski definition) is 7. The Morgan fingerprint density at radius 1 is 1.02 bits per heavy atom. The van der Waals surface area contributed by atoms with Crippen molar-refractivity contribution in [2.45, 2.75) is 47.2 Å². The van der Waals surface area contributed by atoms with Crippen molar-refractivity contribution in [1.29, 1.82) is 0 Å². The molecule has 0 fully saturated rings. The molecule has 1 N–H and O–H groups in total. The molecule has 240 valence electrons. The van der Waals surface area contributed by atoms with Crippen LogP contribution in [0.1, 0.15) is 47.8 Å². The van der Waals surface area contributed by atoms with Gasteiger partial charge in [0.25, 0.3) is 11.5 Å². The van der Waals surface area contributed by atoms with Gasteiger partial charge >= 0.3 is 5.97 Å². The van der Waals surface area contributed by atoms with Gasteiger partial charge in [0.2, 0.25) is 0 Å². The van der Waals surface area contributed by atoms with E-state index in [0.29, 0.717) is 38.6 Å². The molecule has 3 heterocycles. The number of fused-ring (bicyclic) bond motifs is 2. The summed E-state index contributed by atoms with van der Waals surface area (Å²) in [5.74, 6) is 0.00730. The molecule has 10 heteroatoms. The standard InChI is InChI=1S/C37H36N4O5S/c1-7-46-32(42)20-40-24(5)28(27-10-8-9-11-30(27)40)19-31-36(44)41-34(25-13-15-26(45-6)16-14-25)33(23(4)38-37(41)47-31)35(43)39-29-17-12-21(2)18-22(29)3/h8-19,34H,7,20H2,1-6H3,(H,39,43)/b31-19-/t34-/m0/s1. The number of allylic oxidation sites excluding steroid dienone is 1. The Labute approximate surface area is 276 Å². The number of ether oxygens (including phenoxy) is 2. The summed E-state index contributed by atoms with van der Waals surface area (Å²) in [5.41, 5.74) is 6.67. The number of carbonyl (C=O) groups is 2. The Hall–Kier alpha value is -5.22. The highest BCUT2D eigenvalue weighted by molar-refractivity contribution is 7.07. The minimum atomic E-state index is -0.726. The number of thiazole rings is 1. The molecule has 0 bridgehead atoms. The molecule has 0 aliphatic carbocycles. The van der Waals surface area contributed by atoms with E-state index in [-0.39, 0.29) is 24.0 Å². The zero-order valence-electron chi connectivity index (χ0n) is 27.2. The number of anilines is 1. The minimum absolute atomic E-state index is 0.0604. The molecule has 0 saturated carbocycles. The van der Waals surface area contributed by atoms with Crippen LogP contribution >= 0.6 is 11.3 Å². The zero-order chi connectivity index (χ0) is 33.4. The lowest BCUT2D eigenvalue weighted by molar-refractivity contribution is -0.143. The largest absolute Gasteiger partial charge is 0.497 e. The van der Waals surface area contributed by atoms with Gasteiger partial charge in [0.1, 0.15) is 12.3 Å². The van der Waals surface area contributed by atoms with Crippen LogP contribution in [0.2, 0.25) is 0 Å². The van der Waals surface area contributed by atoms with Crippen molar-refractivity contribution in [3.63, 3.8) is 0 Å². The Morgan fingerprint density at radius 3 is 2.47 bits per heavy atom. The van der Waals surface area contributed by atoms with Crippen molar-refractivity contribution >= 4 is 45.9 Å². The van der Waals surface area contributed by atoms with Gasteiger partial charge in [0.05, 0.1) is 35.6 Å². The number of methoxy groups -OCH3 is 1. The number of benzene rings is 3. The molecule has 0 radical (unpaired) electrons. The molecule has 1 atom stereocenters. The molecule has 0 unspecified atom stereocenters. The molecule has 47 heavy (non-hydrogen) atoms. The lowest BCUT2D eigenvalue weighted by Gasteiger charge is -2.25. The van der Waals surface area contributed by atoms with E-state index >= 15 is 0 Å². The number of nitrogens with zero attached hydrogens (tertiary/aromatic N) is 3. The Kier molecular flexibility index (Phi) is 8.70. The van der Waals surface area contributed by atoms with Crippen LogP contribution in [0.3, 0.4) is 0 Å². The molecule has 9 nitrogen and oxygen atoms in total. The summed E-state index contributed by atoms with van der Waals surface area (Å²) in [6.07, 6.45) is 1.86. The zero-order valence-corrected chi connectivity index (χ0v) is 28.0. The summed E-state index contributed by atoms with van der Waals surface area (Å²) in [6.45, 7) is 9.83. The molecule has 2 aromatic heterocycles. The number of esters is 1. The van der Waals surface area contributed by atoms with Crippen LogP contribution in [0.15, 0.2) is 87.8 Å². The lowest BCUT2D eigenvalue weighted by atomic mass is 9.95. The third-order valence-corrected chi connectivity index (χ3v) is 9.46. The molecule has 6 rings (SSSR count). The van der Waals surface area contributed by atoms with Crippen LogP contribution in [0.4, 0.5) is 5.69 Å². The first-order valence-corrected chi connectivity index (χ1v) is 16.2. The normalized spacial score (nSPS) is 14.6. The number of aromatic nitrogens is 2. The number of rotatable bonds is 8. The van der Waals surface area contributed by atoms with Crippen molar-refractivity contribution in [3.8, 4) is 5.75 Å². The summed E-state index contributed by atoms with van der Waals surface area (Å²) in [7, 11) is 1.59. The summed E-state index contributed by atoms with van der Waals surface area (Å²) in [6, 6.07) is 20.3. The third kappa shape index (κ3) is 5.92. The van der Waals surface area contributed by atoms with E-state index in [9.17, 15) is 14.4 Å². The number of carbonyl (C=O) groups excluding carboxylic acids is 2. The Bertz CT molecular complexity index is 2260. The van der Waals surface area contributed by atoms with E-state index in [1.165, 1.54) is 11.3 Å². The van der Waals surface area contributed by atoms with E-state index in [4.69, 9.17) is 14.5 Å². The van der Waals surface area contributed by atoms with E-state index < -0.39 is 6.04 Å². The van der Waals surface area contributed by atoms with Crippen LogP contribution in [-0.4, -0.2) is 34.7 Å². The fraction of sp³-hybridized carbons (Fsp3) is 0.243. The van der Waals surface area contributed by atoms with Crippen molar-refractivity contribution in [2.24, 2.45) is 4.99 Å². The highest BCUT2D eigenvalue weighted by Crippen LogP contribution is 2.32. The van der Waals surface area contributed by atoms with Gasteiger partial charge in [-0.15, -0.1) is 0 Å². The number of hydrogen-bond donors (Lipinski definition) is 1. The monoisotopic (exact) mass is 648 g/mol. The number of aryl methyl sites for hydroxylation is 2. The second-order valence-corrected chi connectivity index (χ2v) is 12.5. The molecule has 1 amide bonds. The fourth-order valence-corrected chi connectivity index (χ4v) is 7.20. The highest BCUT2D eigenvalue weighted by Gasteiger charge is 2.33. The van der Waals surface area contributed by atoms with Gasteiger partial charge in [-0.3, -0.25) is 19.0 Å². The van der Waals surface area contributed by atoms with Gasteiger partial charge in [-0.1, -0.05) is 59.4 Å². The minimum Gasteiger partial charge on any atom is -0.497 e. The van der Waals surface area contributed by atoms with Gasteiger partial charge in [0, 0.05) is 27.8 Å². The second-order valence-electron chi connectivity index (χ2n) is 11.5. The molecule has 1 aliphatic heterocycles. The molecular weight excluding hydrogens is 612 g/mol. The topological polar surface area (TPSA) is 104 Å². The quantitative estimate of drug-likeness (QED) is 0.229. The van der Waals surface area contributed by atoms with Crippen LogP contribution in [-0.2, 0) is 20.9 Å². The third-order valence-electron chi connectivity index (χ3n) is 8.48. The number of para-hydroxylation sites is 1. The van der Waals surface area contributed by atoms with E-state index in [2.05, 4.69) is 5.32 Å². The molecule has 0 saturated heterocycles. The molecular formula is C37H36N4O5S. The predicted octanol–water partition coefficient (Wildman–Crippen LogP) is 5.33. The smallest absolute Gasteiger partial charge is 0.325 e. The first-order chi connectivity index (χ1) is 22.6. The average molecular weight is 649 g/mol. The van der Waals surface area contributed by atoms with Crippen LogP contribution in [0.5, 0.6) is 5.75 Å². The average Bonchev–Trinajstić information content (AvgIpc) is 3.50. The lowest BCUT2D eigenvalue weighted by Crippen LogP contribution is -2.40. The van der Waals surface area contributed by atoms with Gasteiger partial charge in [-0.25, -0.2) is 4.99 Å². The Balaban J connectivity index is 1.51. The molecule has 5 aromatic rings. The maximum absolute atomic E-state index is 14.4. The first-order valence-electron chi connectivity index (χ1n) is 15.4. The maximum atomic E-state index is 14.4. The number of nitrogens with one attached hydrogen (secondary N) is 1. The van der Waals surface area contributed by atoms with Gasteiger partial charge in [-0.05, 0) is 76.1 Å².